The van der Waals surface area contributed by atoms with Crippen LogP contribution in [0.3, 0.4) is 0 Å². The molecule has 2 rings (SSSR count). The second-order valence-electron chi connectivity index (χ2n) is 5.42. The number of nitrogens with two attached hydrogens (primary N) is 1. The zero-order valence-electron chi connectivity index (χ0n) is 10.9. The Hall–Kier alpha value is -1.02. The van der Waals surface area contributed by atoms with Crippen molar-refractivity contribution in [2.24, 2.45) is 11.7 Å². The molecule has 1 aliphatic carbocycles. The predicted octanol–water partition coefficient (Wildman–Crippen LogP) is 3.59. The SMILES string of the molecule is Cc1cc(O)cc(C)c1[C@@H](N)C1CCCCC1. The summed E-state index contributed by atoms with van der Waals surface area (Å²) in [6, 6.07) is 3.78. The van der Waals surface area contributed by atoms with Crippen LogP contribution in [0.2, 0.25) is 0 Å². The fourth-order valence-electron chi connectivity index (χ4n) is 3.21. The lowest BCUT2D eigenvalue weighted by Crippen LogP contribution is -2.25. The van der Waals surface area contributed by atoms with Gasteiger partial charge in [-0.2, -0.15) is 0 Å². The van der Waals surface area contributed by atoms with Crippen LogP contribution in [0.4, 0.5) is 0 Å². The summed E-state index contributed by atoms with van der Waals surface area (Å²) in [6.45, 7) is 4.09. The van der Waals surface area contributed by atoms with Crippen molar-refractivity contribution in [1.82, 2.24) is 0 Å². The van der Waals surface area contributed by atoms with Crippen molar-refractivity contribution >= 4 is 0 Å². The van der Waals surface area contributed by atoms with Gasteiger partial charge in [-0.3, -0.25) is 0 Å². The van der Waals surface area contributed by atoms with Crippen LogP contribution in [-0.2, 0) is 0 Å². The smallest absolute Gasteiger partial charge is 0.116 e. The van der Waals surface area contributed by atoms with Gasteiger partial charge < -0.3 is 10.8 Å². The van der Waals surface area contributed by atoms with E-state index in [9.17, 15) is 5.11 Å². The summed E-state index contributed by atoms with van der Waals surface area (Å²) < 4.78 is 0. The standard InChI is InChI=1S/C15H23NO/c1-10-8-13(17)9-11(2)14(10)15(16)12-6-4-3-5-7-12/h8-9,12,15,17H,3-7,16H2,1-2H3/t15-/m0/s1. The molecule has 1 atom stereocenters. The molecule has 0 spiro atoms. The molecule has 2 nitrogen and oxygen atoms in total. The molecule has 0 bridgehead atoms. The summed E-state index contributed by atoms with van der Waals surface area (Å²) >= 11 is 0. The van der Waals surface area contributed by atoms with Crippen LogP contribution in [-0.4, -0.2) is 5.11 Å². The maximum atomic E-state index is 9.57. The molecular weight excluding hydrogens is 210 g/mol. The zero-order valence-corrected chi connectivity index (χ0v) is 10.9. The normalized spacial score (nSPS) is 19.2. The fourth-order valence-corrected chi connectivity index (χ4v) is 3.21. The monoisotopic (exact) mass is 233 g/mol. The fraction of sp³-hybridized carbons (Fsp3) is 0.600. The lowest BCUT2D eigenvalue weighted by atomic mass is 9.79. The number of rotatable bonds is 2. The van der Waals surface area contributed by atoms with Crippen molar-refractivity contribution in [2.75, 3.05) is 0 Å². The summed E-state index contributed by atoms with van der Waals surface area (Å²) in [6.07, 6.45) is 6.49. The molecule has 0 aromatic heterocycles. The van der Waals surface area contributed by atoms with Gasteiger partial charge in [0, 0.05) is 6.04 Å². The molecule has 1 aromatic rings. The molecule has 2 heteroatoms. The van der Waals surface area contributed by atoms with Crippen molar-refractivity contribution < 1.29 is 5.11 Å². The highest BCUT2D eigenvalue weighted by Crippen LogP contribution is 2.36. The Balaban J connectivity index is 2.26. The lowest BCUT2D eigenvalue weighted by Gasteiger charge is -2.29. The van der Waals surface area contributed by atoms with E-state index in [0.29, 0.717) is 11.7 Å². The number of aryl methyl sites for hydroxylation is 2. The molecule has 0 radical (unpaired) electrons. The molecule has 0 saturated heterocycles. The molecule has 0 heterocycles. The van der Waals surface area contributed by atoms with Gasteiger partial charge in [-0.15, -0.1) is 0 Å². The van der Waals surface area contributed by atoms with E-state index < -0.39 is 0 Å². The van der Waals surface area contributed by atoms with Crippen molar-refractivity contribution in [3.05, 3.63) is 28.8 Å². The Morgan fingerprint density at radius 1 is 1.12 bits per heavy atom. The number of aromatic hydroxyl groups is 1. The number of phenols is 1. The molecule has 1 fully saturated rings. The molecular formula is C15H23NO. The van der Waals surface area contributed by atoms with Gasteiger partial charge in [-0.1, -0.05) is 19.3 Å². The second-order valence-corrected chi connectivity index (χ2v) is 5.42. The van der Waals surface area contributed by atoms with E-state index in [1.807, 2.05) is 26.0 Å². The topological polar surface area (TPSA) is 46.2 Å². The Kier molecular flexibility index (Phi) is 3.72. The van der Waals surface area contributed by atoms with Gasteiger partial charge in [0.25, 0.3) is 0 Å². The van der Waals surface area contributed by atoms with E-state index in [1.165, 1.54) is 37.7 Å². The van der Waals surface area contributed by atoms with Gasteiger partial charge in [0.1, 0.15) is 5.75 Å². The molecule has 94 valence electrons. The number of hydrogen-bond acceptors (Lipinski definition) is 2. The second kappa shape index (κ2) is 5.09. The number of phenolic OH excluding ortho intramolecular Hbond substituents is 1. The van der Waals surface area contributed by atoms with Gasteiger partial charge in [-0.05, 0) is 61.4 Å². The van der Waals surface area contributed by atoms with E-state index in [4.69, 9.17) is 5.73 Å². The van der Waals surface area contributed by atoms with Crippen LogP contribution < -0.4 is 5.73 Å². The molecule has 17 heavy (non-hydrogen) atoms. The van der Waals surface area contributed by atoms with Crippen molar-refractivity contribution in [1.29, 1.82) is 0 Å². The summed E-state index contributed by atoms with van der Waals surface area (Å²) in [5.41, 5.74) is 9.94. The predicted molar refractivity (Wildman–Crippen MR) is 71.1 cm³/mol. The summed E-state index contributed by atoms with van der Waals surface area (Å²) in [5, 5.41) is 9.57. The van der Waals surface area contributed by atoms with Gasteiger partial charge in [-0.25, -0.2) is 0 Å². The average molecular weight is 233 g/mol. The Morgan fingerprint density at radius 2 is 1.65 bits per heavy atom. The van der Waals surface area contributed by atoms with E-state index in [2.05, 4.69) is 0 Å². The first-order chi connectivity index (χ1) is 8.09. The molecule has 0 amide bonds. The molecule has 1 aliphatic rings. The quantitative estimate of drug-likeness (QED) is 0.820. The van der Waals surface area contributed by atoms with Crippen LogP contribution in [0, 0.1) is 19.8 Å². The maximum Gasteiger partial charge on any atom is 0.116 e. The van der Waals surface area contributed by atoms with Gasteiger partial charge in [0.15, 0.2) is 0 Å². The Morgan fingerprint density at radius 3 is 2.18 bits per heavy atom. The van der Waals surface area contributed by atoms with E-state index in [-0.39, 0.29) is 6.04 Å². The third kappa shape index (κ3) is 2.63. The van der Waals surface area contributed by atoms with Crippen molar-refractivity contribution in [3.8, 4) is 5.75 Å². The van der Waals surface area contributed by atoms with E-state index >= 15 is 0 Å². The lowest BCUT2D eigenvalue weighted by molar-refractivity contribution is 0.307. The van der Waals surface area contributed by atoms with Crippen LogP contribution >= 0.6 is 0 Å². The van der Waals surface area contributed by atoms with E-state index in [0.717, 1.165) is 11.1 Å². The van der Waals surface area contributed by atoms with Crippen LogP contribution in [0.1, 0.15) is 54.8 Å². The molecule has 1 saturated carbocycles. The first-order valence-corrected chi connectivity index (χ1v) is 6.65. The molecule has 3 N–H and O–H groups in total. The highest BCUT2D eigenvalue weighted by Gasteiger charge is 2.24. The third-order valence-corrected chi connectivity index (χ3v) is 4.07. The summed E-state index contributed by atoms with van der Waals surface area (Å²) in [4.78, 5) is 0. The highest BCUT2D eigenvalue weighted by atomic mass is 16.3. The number of benzene rings is 1. The van der Waals surface area contributed by atoms with Crippen LogP contribution in [0.15, 0.2) is 12.1 Å². The minimum Gasteiger partial charge on any atom is -0.508 e. The largest absolute Gasteiger partial charge is 0.508 e. The van der Waals surface area contributed by atoms with E-state index in [1.54, 1.807) is 0 Å². The first-order valence-electron chi connectivity index (χ1n) is 6.65. The third-order valence-electron chi connectivity index (χ3n) is 4.07. The zero-order chi connectivity index (χ0) is 12.4. The minimum atomic E-state index is 0.135. The molecule has 0 aliphatic heterocycles. The molecule has 1 aromatic carbocycles. The number of hydrogen-bond donors (Lipinski definition) is 2. The van der Waals surface area contributed by atoms with Crippen molar-refractivity contribution in [2.45, 2.75) is 52.0 Å². The van der Waals surface area contributed by atoms with Gasteiger partial charge >= 0.3 is 0 Å². The summed E-state index contributed by atoms with van der Waals surface area (Å²) in [7, 11) is 0. The Labute approximate surface area is 104 Å². The minimum absolute atomic E-state index is 0.135. The highest BCUT2D eigenvalue weighted by molar-refractivity contribution is 5.42. The van der Waals surface area contributed by atoms with Gasteiger partial charge in [0.2, 0.25) is 0 Å². The molecule has 0 unspecified atom stereocenters. The van der Waals surface area contributed by atoms with Crippen LogP contribution in [0.25, 0.3) is 0 Å². The van der Waals surface area contributed by atoms with Gasteiger partial charge in [0.05, 0.1) is 0 Å². The van der Waals surface area contributed by atoms with Crippen LogP contribution in [0.5, 0.6) is 5.75 Å². The first kappa shape index (κ1) is 12.4. The van der Waals surface area contributed by atoms with Crippen molar-refractivity contribution in [3.63, 3.8) is 0 Å². The summed E-state index contributed by atoms with van der Waals surface area (Å²) in [5.74, 6) is 0.963. The maximum absolute atomic E-state index is 9.57. The average Bonchev–Trinajstić information content (AvgIpc) is 2.28. The Bertz CT molecular complexity index is 371.